The third-order valence-corrected chi connectivity index (χ3v) is 4.45. The van der Waals surface area contributed by atoms with Gasteiger partial charge in [-0.3, -0.25) is 0 Å². The molecule has 1 aliphatic carbocycles. The Hall–Kier alpha value is -1.82. The molecule has 1 heterocycles. The Bertz CT molecular complexity index is 754. The van der Waals surface area contributed by atoms with Crippen LogP contribution >= 0.6 is 0 Å². The van der Waals surface area contributed by atoms with Gasteiger partial charge in [0.1, 0.15) is 0 Å². The first kappa shape index (κ1) is 17.0. The van der Waals surface area contributed by atoms with E-state index in [2.05, 4.69) is 5.10 Å². The molecule has 24 heavy (non-hydrogen) atoms. The van der Waals surface area contributed by atoms with E-state index >= 15 is 0 Å². The normalized spacial score (nSPS) is 18.5. The molecule has 0 amide bonds. The van der Waals surface area contributed by atoms with Gasteiger partial charge in [-0.1, -0.05) is 26.8 Å². The molecule has 0 saturated carbocycles. The van der Waals surface area contributed by atoms with Crippen molar-refractivity contribution < 1.29 is 13.2 Å². The molecule has 0 spiro atoms. The zero-order valence-electron chi connectivity index (χ0n) is 14.1. The predicted octanol–water partition coefficient (Wildman–Crippen LogP) is 4.52. The first-order valence-electron chi connectivity index (χ1n) is 8.14. The molecule has 1 atom stereocenters. The van der Waals surface area contributed by atoms with Crippen LogP contribution in [-0.4, -0.2) is 9.78 Å². The Kier molecular flexibility index (Phi) is 3.98. The molecule has 3 rings (SSSR count). The molecule has 2 aromatic rings. The van der Waals surface area contributed by atoms with Gasteiger partial charge in [-0.2, -0.15) is 18.3 Å². The standard InChI is InChI=1S/C18H22F3N3/c1-17(2,3)16-15-13(22)8-5-9-14(15)24(23-16)12-7-4-6-11(10-12)18(19,20)21/h4,6-7,10,13H,5,8-9,22H2,1-3H3. The highest BCUT2D eigenvalue weighted by Gasteiger charge is 2.34. The van der Waals surface area contributed by atoms with E-state index < -0.39 is 11.7 Å². The third kappa shape index (κ3) is 2.95. The van der Waals surface area contributed by atoms with E-state index in [0.29, 0.717) is 5.69 Å². The van der Waals surface area contributed by atoms with Gasteiger partial charge < -0.3 is 5.73 Å². The number of rotatable bonds is 1. The summed E-state index contributed by atoms with van der Waals surface area (Å²) in [4.78, 5) is 0. The quantitative estimate of drug-likeness (QED) is 0.831. The topological polar surface area (TPSA) is 43.8 Å². The maximum atomic E-state index is 13.0. The predicted molar refractivity (Wildman–Crippen MR) is 87.1 cm³/mol. The largest absolute Gasteiger partial charge is 0.416 e. The van der Waals surface area contributed by atoms with Gasteiger partial charge in [0, 0.05) is 22.7 Å². The Morgan fingerprint density at radius 1 is 1.21 bits per heavy atom. The van der Waals surface area contributed by atoms with Crippen molar-refractivity contribution in [3.05, 3.63) is 46.8 Å². The highest BCUT2D eigenvalue weighted by molar-refractivity contribution is 5.44. The van der Waals surface area contributed by atoms with Crippen LogP contribution < -0.4 is 5.73 Å². The van der Waals surface area contributed by atoms with E-state index in [1.54, 1.807) is 10.7 Å². The first-order chi connectivity index (χ1) is 11.1. The maximum absolute atomic E-state index is 13.0. The van der Waals surface area contributed by atoms with Gasteiger partial charge in [0.05, 0.1) is 16.9 Å². The van der Waals surface area contributed by atoms with Crippen molar-refractivity contribution in [2.24, 2.45) is 5.73 Å². The summed E-state index contributed by atoms with van der Waals surface area (Å²) in [6, 6.07) is 5.21. The Morgan fingerprint density at radius 3 is 2.54 bits per heavy atom. The number of nitrogens with two attached hydrogens (primary N) is 1. The number of hydrogen-bond donors (Lipinski definition) is 1. The second-order valence-corrected chi connectivity index (χ2v) is 7.42. The summed E-state index contributed by atoms with van der Waals surface area (Å²) in [6.45, 7) is 6.15. The molecule has 0 radical (unpaired) electrons. The summed E-state index contributed by atoms with van der Waals surface area (Å²) in [7, 11) is 0. The van der Waals surface area contributed by atoms with Crippen molar-refractivity contribution in [3.8, 4) is 5.69 Å². The highest BCUT2D eigenvalue weighted by Crippen LogP contribution is 2.38. The van der Waals surface area contributed by atoms with Crippen LogP contribution in [0.15, 0.2) is 24.3 Å². The van der Waals surface area contributed by atoms with E-state index in [1.165, 1.54) is 6.07 Å². The number of halogens is 3. The van der Waals surface area contributed by atoms with Crippen molar-refractivity contribution in [2.45, 2.75) is 57.7 Å². The van der Waals surface area contributed by atoms with Crippen molar-refractivity contribution in [1.29, 1.82) is 0 Å². The minimum Gasteiger partial charge on any atom is -0.324 e. The molecular formula is C18H22F3N3. The number of fused-ring (bicyclic) bond motifs is 1. The molecule has 2 N–H and O–H groups in total. The molecule has 0 fully saturated rings. The molecule has 1 unspecified atom stereocenters. The van der Waals surface area contributed by atoms with Crippen LogP contribution in [-0.2, 0) is 18.0 Å². The molecule has 0 bridgehead atoms. The zero-order chi connectivity index (χ0) is 17.7. The van der Waals surface area contributed by atoms with Crippen LogP contribution in [0.5, 0.6) is 0 Å². The van der Waals surface area contributed by atoms with Gasteiger partial charge in [0.25, 0.3) is 0 Å². The molecule has 1 aromatic carbocycles. The minimum absolute atomic E-state index is 0.109. The summed E-state index contributed by atoms with van der Waals surface area (Å²) in [5, 5.41) is 4.68. The maximum Gasteiger partial charge on any atom is 0.416 e. The number of alkyl halides is 3. The molecular weight excluding hydrogens is 315 g/mol. The average Bonchev–Trinajstić information content (AvgIpc) is 2.88. The van der Waals surface area contributed by atoms with E-state index in [9.17, 15) is 13.2 Å². The summed E-state index contributed by atoms with van der Waals surface area (Å²) in [5.41, 5.74) is 8.68. The third-order valence-electron chi connectivity index (χ3n) is 4.45. The van der Waals surface area contributed by atoms with Gasteiger partial charge in [-0.25, -0.2) is 4.68 Å². The van der Waals surface area contributed by atoms with Crippen LogP contribution in [0.3, 0.4) is 0 Å². The summed E-state index contributed by atoms with van der Waals surface area (Å²) >= 11 is 0. The van der Waals surface area contributed by atoms with Crippen LogP contribution in [0.25, 0.3) is 5.69 Å². The van der Waals surface area contributed by atoms with Crippen LogP contribution in [0.2, 0.25) is 0 Å². The van der Waals surface area contributed by atoms with Crippen LogP contribution in [0.1, 0.15) is 62.2 Å². The summed E-state index contributed by atoms with van der Waals surface area (Å²) in [6.07, 6.45) is -1.79. The van der Waals surface area contributed by atoms with Crippen molar-refractivity contribution in [1.82, 2.24) is 9.78 Å². The minimum atomic E-state index is -4.37. The number of nitrogens with zero attached hydrogens (tertiary/aromatic N) is 2. The smallest absolute Gasteiger partial charge is 0.324 e. The lowest BCUT2D eigenvalue weighted by Gasteiger charge is -2.24. The number of aromatic nitrogens is 2. The Balaban J connectivity index is 2.20. The molecule has 6 heteroatoms. The van der Waals surface area contributed by atoms with Crippen molar-refractivity contribution in [3.63, 3.8) is 0 Å². The van der Waals surface area contributed by atoms with E-state index in [1.807, 2.05) is 20.8 Å². The second-order valence-electron chi connectivity index (χ2n) is 7.42. The Morgan fingerprint density at radius 2 is 1.92 bits per heavy atom. The molecule has 0 aliphatic heterocycles. The summed E-state index contributed by atoms with van der Waals surface area (Å²) in [5.74, 6) is 0. The molecule has 3 nitrogen and oxygen atoms in total. The monoisotopic (exact) mass is 337 g/mol. The van der Waals surface area contributed by atoms with Crippen molar-refractivity contribution in [2.75, 3.05) is 0 Å². The average molecular weight is 337 g/mol. The van der Waals surface area contributed by atoms with Crippen molar-refractivity contribution >= 4 is 0 Å². The molecule has 1 aromatic heterocycles. The van der Waals surface area contributed by atoms with Crippen LogP contribution in [0, 0.1) is 0 Å². The van der Waals surface area contributed by atoms with Gasteiger partial charge in [0.2, 0.25) is 0 Å². The SMILES string of the molecule is CC(C)(C)c1nn(-c2cccc(C(F)(F)F)c2)c2c1C(N)CCC2. The van der Waals surface area contributed by atoms with E-state index in [0.717, 1.165) is 48.3 Å². The molecule has 0 saturated heterocycles. The number of benzene rings is 1. The van der Waals surface area contributed by atoms with Crippen LogP contribution in [0.4, 0.5) is 13.2 Å². The fraction of sp³-hybridized carbons (Fsp3) is 0.500. The number of hydrogen-bond acceptors (Lipinski definition) is 2. The van der Waals surface area contributed by atoms with E-state index in [-0.39, 0.29) is 11.5 Å². The van der Waals surface area contributed by atoms with Gasteiger partial charge >= 0.3 is 6.18 Å². The fourth-order valence-electron chi connectivity index (χ4n) is 3.31. The molecule has 130 valence electrons. The lowest BCUT2D eigenvalue weighted by molar-refractivity contribution is -0.137. The Labute approximate surface area is 139 Å². The molecule has 1 aliphatic rings. The van der Waals surface area contributed by atoms with Gasteiger partial charge in [-0.15, -0.1) is 0 Å². The van der Waals surface area contributed by atoms with E-state index in [4.69, 9.17) is 5.73 Å². The lowest BCUT2D eigenvalue weighted by atomic mass is 9.82. The zero-order valence-corrected chi connectivity index (χ0v) is 14.1. The van der Waals surface area contributed by atoms with Gasteiger partial charge in [0.15, 0.2) is 0 Å². The lowest BCUT2D eigenvalue weighted by Crippen LogP contribution is -2.22. The fourth-order valence-corrected chi connectivity index (χ4v) is 3.31. The summed E-state index contributed by atoms with van der Waals surface area (Å²) < 4.78 is 40.7. The highest BCUT2D eigenvalue weighted by atomic mass is 19.4. The first-order valence-corrected chi connectivity index (χ1v) is 8.14. The van der Waals surface area contributed by atoms with Gasteiger partial charge in [-0.05, 0) is 37.5 Å². The second kappa shape index (κ2) is 5.62.